The van der Waals surface area contributed by atoms with E-state index in [0.717, 1.165) is 6.42 Å². The highest BCUT2D eigenvalue weighted by Crippen LogP contribution is 2.15. The summed E-state index contributed by atoms with van der Waals surface area (Å²) < 4.78 is 23.8. The Morgan fingerprint density at radius 2 is 2.00 bits per heavy atom. The van der Waals surface area contributed by atoms with Gasteiger partial charge in [-0.1, -0.05) is 13.0 Å². The van der Waals surface area contributed by atoms with Gasteiger partial charge in [0.25, 0.3) is 10.2 Å². The molecule has 0 saturated carbocycles. The summed E-state index contributed by atoms with van der Waals surface area (Å²) in [5, 5.41) is 7.49. The van der Waals surface area contributed by atoms with E-state index in [1.165, 1.54) is 6.07 Å². The van der Waals surface area contributed by atoms with Gasteiger partial charge in [0.15, 0.2) is 0 Å². The van der Waals surface area contributed by atoms with Gasteiger partial charge in [-0.05, 0) is 24.6 Å². The van der Waals surface area contributed by atoms with Crippen LogP contribution in [0.15, 0.2) is 24.3 Å². The summed E-state index contributed by atoms with van der Waals surface area (Å²) in [7, 11) is -3.80. The zero-order chi connectivity index (χ0) is 12.9. The van der Waals surface area contributed by atoms with Crippen LogP contribution in [0.25, 0.3) is 0 Å². The molecule has 1 rings (SSSR count). The number of amides is 1. The van der Waals surface area contributed by atoms with Crippen molar-refractivity contribution in [3.05, 3.63) is 24.3 Å². The average molecular weight is 257 g/mol. The van der Waals surface area contributed by atoms with Gasteiger partial charge in [-0.15, -0.1) is 0 Å². The van der Waals surface area contributed by atoms with Crippen LogP contribution in [0.2, 0.25) is 0 Å². The zero-order valence-electron chi connectivity index (χ0n) is 9.43. The van der Waals surface area contributed by atoms with Crippen LogP contribution < -0.4 is 15.2 Å². The maximum atomic E-state index is 11.3. The van der Waals surface area contributed by atoms with Gasteiger partial charge in [0.2, 0.25) is 5.91 Å². The summed E-state index contributed by atoms with van der Waals surface area (Å²) in [4.78, 5) is 11.3. The smallest absolute Gasteiger partial charge is 0.296 e. The SMILES string of the molecule is CCCC(=O)Nc1cccc(NS(N)(=O)=O)c1. The Morgan fingerprint density at radius 3 is 2.59 bits per heavy atom. The van der Waals surface area contributed by atoms with Crippen LogP contribution in [0.4, 0.5) is 11.4 Å². The highest BCUT2D eigenvalue weighted by atomic mass is 32.2. The van der Waals surface area contributed by atoms with E-state index in [4.69, 9.17) is 5.14 Å². The molecule has 1 aromatic carbocycles. The molecule has 0 aromatic heterocycles. The van der Waals surface area contributed by atoms with Gasteiger partial charge in [0.05, 0.1) is 5.69 Å². The fourth-order valence-corrected chi connectivity index (χ4v) is 1.73. The predicted molar refractivity (Wildman–Crippen MR) is 66.7 cm³/mol. The summed E-state index contributed by atoms with van der Waals surface area (Å²) in [6, 6.07) is 6.33. The van der Waals surface area contributed by atoms with Crippen molar-refractivity contribution in [3.8, 4) is 0 Å². The fraction of sp³-hybridized carbons (Fsp3) is 0.300. The summed E-state index contributed by atoms with van der Waals surface area (Å²) >= 11 is 0. The summed E-state index contributed by atoms with van der Waals surface area (Å²) in [5.41, 5.74) is 0.832. The topological polar surface area (TPSA) is 101 Å². The monoisotopic (exact) mass is 257 g/mol. The summed E-state index contributed by atoms with van der Waals surface area (Å²) in [6.45, 7) is 1.90. The molecule has 0 aliphatic heterocycles. The lowest BCUT2D eigenvalue weighted by Gasteiger charge is -2.07. The fourth-order valence-electron chi connectivity index (χ4n) is 1.28. The van der Waals surface area contributed by atoms with Crippen molar-refractivity contribution in [1.29, 1.82) is 0 Å². The molecular formula is C10H15N3O3S. The molecule has 0 fully saturated rings. The number of nitrogens with one attached hydrogen (secondary N) is 2. The molecule has 6 nitrogen and oxygen atoms in total. The van der Waals surface area contributed by atoms with Gasteiger partial charge in [-0.3, -0.25) is 9.52 Å². The molecule has 1 aromatic rings. The molecule has 7 heteroatoms. The lowest BCUT2D eigenvalue weighted by molar-refractivity contribution is -0.116. The van der Waals surface area contributed by atoms with E-state index in [1.807, 2.05) is 6.92 Å². The molecule has 94 valence electrons. The molecule has 0 heterocycles. The third kappa shape index (κ3) is 5.32. The number of nitrogens with two attached hydrogens (primary N) is 1. The molecule has 1 amide bonds. The predicted octanol–water partition coefficient (Wildman–Crippen LogP) is 1.04. The van der Waals surface area contributed by atoms with E-state index in [1.54, 1.807) is 18.2 Å². The first-order valence-electron chi connectivity index (χ1n) is 5.11. The van der Waals surface area contributed by atoms with E-state index in [0.29, 0.717) is 17.8 Å². The van der Waals surface area contributed by atoms with Gasteiger partial charge < -0.3 is 5.32 Å². The van der Waals surface area contributed by atoms with Gasteiger partial charge >= 0.3 is 0 Å². The van der Waals surface area contributed by atoms with Crippen LogP contribution in [-0.4, -0.2) is 14.3 Å². The maximum absolute atomic E-state index is 11.3. The Labute approximate surface area is 100 Å². The van der Waals surface area contributed by atoms with E-state index in [2.05, 4.69) is 10.0 Å². The highest BCUT2D eigenvalue weighted by molar-refractivity contribution is 7.90. The van der Waals surface area contributed by atoms with Crippen molar-refractivity contribution >= 4 is 27.5 Å². The molecule has 0 spiro atoms. The molecule has 0 aliphatic rings. The van der Waals surface area contributed by atoms with Gasteiger partial charge in [0, 0.05) is 12.1 Å². The second-order valence-corrected chi connectivity index (χ2v) is 4.82. The van der Waals surface area contributed by atoms with Crippen LogP contribution in [0.3, 0.4) is 0 Å². The standard InChI is InChI=1S/C10H15N3O3S/c1-2-4-10(14)12-8-5-3-6-9(7-8)13-17(11,15)16/h3,5-7,13H,2,4H2,1H3,(H,12,14)(H2,11,15,16). The lowest BCUT2D eigenvalue weighted by Crippen LogP contribution is -2.21. The zero-order valence-corrected chi connectivity index (χ0v) is 10.3. The minimum atomic E-state index is -3.80. The molecular weight excluding hydrogens is 242 g/mol. The van der Waals surface area contributed by atoms with Crippen LogP contribution >= 0.6 is 0 Å². The lowest BCUT2D eigenvalue weighted by atomic mass is 10.2. The number of anilines is 2. The van der Waals surface area contributed by atoms with Gasteiger partial charge in [-0.25, -0.2) is 5.14 Å². The number of hydrogen-bond acceptors (Lipinski definition) is 3. The Bertz CT molecular complexity index is 499. The van der Waals surface area contributed by atoms with Crippen LogP contribution in [0.5, 0.6) is 0 Å². The molecule has 17 heavy (non-hydrogen) atoms. The molecule has 0 bridgehead atoms. The first kappa shape index (κ1) is 13.5. The van der Waals surface area contributed by atoms with Crippen LogP contribution in [0.1, 0.15) is 19.8 Å². The maximum Gasteiger partial charge on any atom is 0.296 e. The first-order chi connectivity index (χ1) is 7.90. The summed E-state index contributed by atoms with van der Waals surface area (Å²) in [5.74, 6) is -0.111. The van der Waals surface area contributed by atoms with Crippen LogP contribution in [0, 0.1) is 0 Å². The van der Waals surface area contributed by atoms with Crippen molar-refractivity contribution in [2.24, 2.45) is 5.14 Å². The second kappa shape index (κ2) is 5.65. The number of carbonyl (C=O) groups is 1. The quantitative estimate of drug-likeness (QED) is 0.734. The van der Waals surface area contributed by atoms with Gasteiger partial charge in [-0.2, -0.15) is 8.42 Å². The van der Waals surface area contributed by atoms with Gasteiger partial charge in [0.1, 0.15) is 0 Å². The molecule has 0 atom stereocenters. The Hall–Kier alpha value is -1.60. The number of benzene rings is 1. The Kier molecular flexibility index (Phi) is 4.47. The van der Waals surface area contributed by atoms with E-state index in [-0.39, 0.29) is 5.91 Å². The highest BCUT2D eigenvalue weighted by Gasteiger charge is 2.04. The molecule has 0 radical (unpaired) electrons. The minimum absolute atomic E-state index is 0.111. The molecule has 0 saturated heterocycles. The molecule has 0 unspecified atom stereocenters. The summed E-state index contributed by atoms with van der Waals surface area (Å²) in [6.07, 6.45) is 1.17. The second-order valence-electron chi connectivity index (χ2n) is 3.53. The van der Waals surface area contributed by atoms with Crippen LogP contribution in [-0.2, 0) is 15.0 Å². The van der Waals surface area contributed by atoms with Crippen molar-refractivity contribution in [3.63, 3.8) is 0 Å². The first-order valence-corrected chi connectivity index (χ1v) is 6.66. The number of hydrogen-bond donors (Lipinski definition) is 3. The minimum Gasteiger partial charge on any atom is -0.326 e. The largest absolute Gasteiger partial charge is 0.326 e. The Balaban J connectivity index is 2.76. The average Bonchev–Trinajstić information content (AvgIpc) is 2.15. The van der Waals surface area contributed by atoms with Crippen molar-refractivity contribution in [2.45, 2.75) is 19.8 Å². The van der Waals surface area contributed by atoms with E-state index in [9.17, 15) is 13.2 Å². The van der Waals surface area contributed by atoms with E-state index < -0.39 is 10.2 Å². The number of rotatable bonds is 5. The Morgan fingerprint density at radius 1 is 1.35 bits per heavy atom. The third-order valence-corrected chi connectivity index (χ3v) is 2.40. The third-order valence-electron chi connectivity index (χ3n) is 1.88. The van der Waals surface area contributed by atoms with Crippen molar-refractivity contribution < 1.29 is 13.2 Å². The normalized spacial score (nSPS) is 10.9. The van der Waals surface area contributed by atoms with E-state index >= 15 is 0 Å². The van der Waals surface area contributed by atoms with Crippen molar-refractivity contribution in [2.75, 3.05) is 10.0 Å². The molecule has 4 N–H and O–H groups in total. The molecule has 0 aliphatic carbocycles. The van der Waals surface area contributed by atoms with Crippen molar-refractivity contribution in [1.82, 2.24) is 0 Å². The number of carbonyl (C=O) groups excluding carboxylic acids is 1.